The molecule has 0 aliphatic heterocycles. The van der Waals surface area contributed by atoms with E-state index in [1.807, 2.05) is 49.4 Å². The molecule has 1 aliphatic rings. The van der Waals surface area contributed by atoms with Crippen molar-refractivity contribution >= 4 is 11.3 Å². The van der Waals surface area contributed by atoms with Crippen molar-refractivity contribution in [2.24, 2.45) is 5.73 Å². The highest BCUT2D eigenvalue weighted by atomic mass is 16.3. The zero-order valence-corrected chi connectivity index (χ0v) is 12.8. The minimum atomic E-state index is -1.36. The summed E-state index contributed by atoms with van der Waals surface area (Å²) in [5.41, 5.74) is 18.1. The Balaban J connectivity index is 2.12. The zero-order valence-electron chi connectivity index (χ0n) is 12.8. The van der Waals surface area contributed by atoms with E-state index in [1.165, 1.54) is 0 Å². The van der Waals surface area contributed by atoms with Gasteiger partial charge in [-0.15, -0.1) is 0 Å². The van der Waals surface area contributed by atoms with Gasteiger partial charge in [0.2, 0.25) is 5.54 Å². The molecule has 0 bridgehead atoms. The number of allylic oxidation sites excluding steroid dienone is 2. The Labute approximate surface area is 134 Å². The lowest BCUT2D eigenvalue weighted by atomic mass is 9.79. The highest BCUT2D eigenvalue weighted by Gasteiger charge is 2.45. The van der Waals surface area contributed by atoms with Crippen LogP contribution >= 0.6 is 0 Å². The number of aliphatic hydroxyl groups excluding tert-OH is 1. The first-order valence-electron chi connectivity index (χ1n) is 7.32. The predicted octanol–water partition coefficient (Wildman–Crippen LogP) is 3.36. The van der Waals surface area contributed by atoms with E-state index >= 15 is 0 Å². The molecule has 4 heteroatoms. The van der Waals surface area contributed by atoms with Crippen LogP contribution in [0.2, 0.25) is 0 Å². The molecular formula is C19H17N3O. The number of nitrogens with two attached hydrogens (primary N) is 1. The van der Waals surface area contributed by atoms with Gasteiger partial charge in [0.25, 0.3) is 0 Å². The second kappa shape index (κ2) is 5.69. The van der Waals surface area contributed by atoms with Crippen molar-refractivity contribution in [1.29, 1.82) is 0 Å². The Morgan fingerprint density at radius 3 is 2.26 bits per heavy atom. The van der Waals surface area contributed by atoms with Crippen LogP contribution in [0.1, 0.15) is 16.7 Å². The summed E-state index contributed by atoms with van der Waals surface area (Å²) in [6, 6.07) is 17.0. The van der Waals surface area contributed by atoms with E-state index < -0.39 is 5.54 Å². The van der Waals surface area contributed by atoms with Crippen molar-refractivity contribution in [3.63, 3.8) is 0 Å². The lowest BCUT2D eigenvalue weighted by Gasteiger charge is -2.27. The van der Waals surface area contributed by atoms with Crippen molar-refractivity contribution in [3.05, 3.63) is 94.7 Å². The average molecular weight is 303 g/mol. The molecule has 114 valence electrons. The summed E-state index contributed by atoms with van der Waals surface area (Å²) in [6.07, 6.45) is 3.31. The molecule has 0 radical (unpaired) electrons. The van der Waals surface area contributed by atoms with E-state index in [0.29, 0.717) is 5.56 Å². The van der Waals surface area contributed by atoms with Crippen LogP contribution in [0.15, 0.2) is 72.5 Å². The Hall–Kier alpha value is -2.94. The predicted molar refractivity (Wildman–Crippen MR) is 90.8 cm³/mol. The largest absolute Gasteiger partial charge is 0.509 e. The summed E-state index contributed by atoms with van der Waals surface area (Å²) < 4.78 is 0. The molecule has 0 heterocycles. The molecular weight excluding hydrogens is 286 g/mol. The first-order valence-corrected chi connectivity index (χ1v) is 7.32. The first kappa shape index (κ1) is 15.0. The number of benzene rings is 2. The third kappa shape index (κ3) is 2.50. The van der Waals surface area contributed by atoms with Crippen molar-refractivity contribution in [2.75, 3.05) is 0 Å². The van der Waals surface area contributed by atoms with Gasteiger partial charge in [-0.1, -0.05) is 60.2 Å². The normalized spacial score (nSPS) is 20.5. The fraction of sp³-hybridized carbons (Fsp3) is 0.105. The van der Waals surface area contributed by atoms with Gasteiger partial charge >= 0.3 is 5.71 Å². The number of aliphatic hydroxyl groups is 1. The lowest BCUT2D eigenvalue weighted by Crippen LogP contribution is -2.48. The minimum absolute atomic E-state index is 0.0606. The van der Waals surface area contributed by atoms with Gasteiger partial charge in [-0.2, -0.15) is 4.79 Å². The number of nitrogens with zero attached hydrogens (tertiary/aromatic N) is 2. The van der Waals surface area contributed by atoms with Gasteiger partial charge in [0.1, 0.15) is 5.76 Å². The molecule has 1 aliphatic carbocycles. The molecule has 1 atom stereocenters. The van der Waals surface area contributed by atoms with E-state index in [-0.39, 0.29) is 11.5 Å². The SMILES string of the molecule is Cc1ccc(C2=CC(=[N+]=[N-])C(N)(c3ccccc3)C(O)=C2)cc1. The summed E-state index contributed by atoms with van der Waals surface area (Å²) in [5.74, 6) is -0.0606. The Morgan fingerprint density at radius 2 is 1.65 bits per heavy atom. The third-order valence-electron chi connectivity index (χ3n) is 4.11. The fourth-order valence-electron chi connectivity index (χ4n) is 2.71. The first-order chi connectivity index (χ1) is 11.1. The molecule has 0 amide bonds. The summed E-state index contributed by atoms with van der Waals surface area (Å²) >= 11 is 0. The standard InChI is InChI=1S/C19H17N3O/c1-13-7-9-14(10-8-13)15-11-17(22-21)19(20,18(23)12-15)16-5-3-2-4-6-16/h2-12,23H,20H2,1H3. The van der Waals surface area contributed by atoms with E-state index in [4.69, 9.17) is 5.73 Å². The van der Waals surface area contributed by atoms with E-state index in [0.717, 1.165) is 16.7 Å². The quantitative estimate of drug-likeness (QED) is 0.658. The highest BCUT2D eigenvalue weighted by Crippen LogP contribution is 2.34. The number of aryl methyl sites for hydroxylation is 1. The second-order valence-corrected chi connectivity index (χ2v) is 5.65. The fourth-order valence-corrected chi connectivity index (χ4v) is 2.71. The summed E-state index contributed by atoms with van der Waals surface area (Å²) in [7, 11) is 0. The summed E-state index contributed by atoms with van der Waals surface area (Å²) in [5, 5.41) is 10.6. The average Bonchev–Trinajstić information content (AvgIpc) is 2.58. The molecule has 0 saturated heterocycles. The zero-order chi connectivity index (χ0) is 16.4. The third-order valence-corrected chi connectivity index (χ3v) is 4.11. The maximum Gasteiger partial charge on any atom is 0.324 e. The molecule has 1 unspecified atom stereocenters. The highest BCUT2D eigenvalue weighted by molar-refractivity contribution is 6.09. The number of hydrogen-bond donors (Lipinski definition) is 2. The maximum absolute atomic E-state index is 10.6. The topological polar surface area (TPSA) is 82.7 Å². The smallest absolute Gasteiger partial charge is 0.324 e. The van der Waals surface area contributed by atoms with Gasteiger partial charge in [0.05, 0.1) is 0 Å². The monoisotopic (exact) mass is 303 g/mol. The van der Waals surface area contributed by atoms with Crippen LogP contribution < -0.4 is 5.73 Å². The van der Waals surface area contributed by atoms with Crippen molar-refractivity contribution in [2.45, 2.75) is 12.5 Å². The van der Waals surface area contributed by atoms with Crippen molar-refractivity contribution < 1.29 is 9.90 Å². The Bertz CT molecular complexity index is 844. The van der Waals surface area contributed by atoms with Gasteiger partial charge in [-0.3, -0.25) is 0 Å². The van der Waals surface area contributed by atoms with Crippen LogP contribution in [0.3, 0.4) is 0 Å². The summed E-state index contributed by atoms with van der Waals surface area (Å²) in [4.78, 5) is 3.34. The number of rotatable bonds is 2. The molecule has 2 aromatic rings. The number of hydrogen-bond acceptors (Lipinski definition) is 2. The van der Waals surface area contributed by atoms with Gasteiger partial charge in [-0.05, 0) is 29.7 Å². The second-order valence-electron chi connectivity index (χ2n) is 5.65. The van der Waals surface area contributed by atoms with Crippen LogP contribution in [0.25, 0.3) is 11.1 Å². The van der Waals surface area contributed by atoms with E-state index in [9.17, 15) is 10.6 Å². The van der Waals surface area contributed by atoms with Crippen LogP contribution in [-0.2, 0) is 5.54 Å². The van der Waals surface area contributed by atoms with Gasteiger partial charge in [-0.25, -0.2) is 0 Å². The molecule has 4 nitrogen and oxygen atoms in total. The minimum Gasteiger partial charge on any atom is -0.509 e. The molecule has 0 aromatic heterocycles. The van der Waals surface area contributed by atoms with Gasteiger partial charge in [0, 0.05) is 6.08 Å². The summed E-state index contributed by atoms with van der Waals surface area (Å²) in [6.45, 7) is 2.01. The van der Waals surface area contributed by atoms with E-state index in [1.54, 1.807) is 24.3 Å². The molecule has 0 saturated carbocycles. The van der Waals surface area contributed by atoms with Crippen LogP contribution in [0.5, 0.6) is 0 Å². The van der Waals surface area contributed by atoms with Gasteiger partial charge < -0.3 is 16.4 Å². The van der Waals surface area contributed by atoms with Crippen molar-refractivity contribution in [1.82, 2.24) is 0 Å². The van der Waals surface area contributed by atoms with Crippen LogP contribution in [-0.4, -0.2) is 15.6 Å². The molecule has 3 rings (SSSR count). The lowest BCUT2D eigenvalue weighted by molar-refractivity contribution is -0.0130. The van der Waals surface area contributed by atoms with E-state index in [2.05, 4.69) is 4.79 Å². The molecule has 2 aromatic carbocycles. The molecule has 0 fully saturated rings. The molecule has 0 spiro atoms. The van der Waals surface area contributed by atoms with Crippen LogP contribution in [0.4, 0.5) is 0 Å². The maximum atomic E-state index is 10.6. The van der Waals surface area contributed by atoms with Crippen molar-refractivity contribution in [3.8, 4) is 0 Å². The molecule has 3 N–H and O–H groups in total. The Morgan fingerprint density at radius 1 is 1.00 bits per heavy atom. The van der Waals surface area contributed by atoms with Gasteiger partial charge in [0.15, 0.2) is 0 Å². The molecule has 23 heavy (non-hydrogen) atoms. The Kier molecular flexibility index (Phi) is 3.70. The van der Waals surface area contributed by atoms with Crippen LogP contribution in [0, 0.1) is 6.92 Å².